The Bertz CT molecular complexity index is 1280. The van der Waals surface area contributed by atoms with Crippen LogP contribution < -0.4 is 9.04 Å². The maximum Gasteiger partial charge on any atom is 0.340 e. The number of para-hydroxylation sites is 1. The largest absolute Gasteiger partial charge is 0.476 e. The van der Waals surface area contributed by atoms with E-state index in [4.69, 9.17) is 9.47 Å². The Kier molecular flexibility index (Phi) is 4.77. The summed E-state index contributed by atoms with van der Waals surface area (Å²) in [5.74, 6) is -0.738. The number of anilines is 1. The highest BCUT2D eigenvalue weighted by Gasteiger charge is 2.36. The highest BCUT2D eigenvalue weighted by molar-refractivity contribution is 7.92. The van der Waals surface area contributed by atoms with Gasteiger partial charge in [0.25, 0.3) is 5.91 Å². The van der Waals surface area contributed by atoms with Gasteiger partial charge in [0, 0.05) is 11.6 Å². The van der Waals surface area contributed by atoms with Crippen molar-refractivity contribution < 1.29 is 27.5 Å². The van der Waals surface area contributed by atoms with Crippen molar-refractivity contribution in [2.75, 3.05) is 24.2 Å². The van der Waals surface area contributed by atoms with E-state index in [0.717, 1.165) is 11.8 Å². The molecule has 0 saturated carbocycles. The van der Waals surface area contributed by atoms with Crippen LogP contribution in [0.2, 0.25) is 0 Å². The van der Waals surface area contributed by atoms with E-state index in [1.54, 1.807) is 42.5 Å². The highest BCUT2D eigenvalue weighted by Crippen LogP contribution is 2.36. The van der Waals surface area contributed by atoms with Gasteiger partial charge in [0.1, 0.15) is 5.75 Å². The number of aryl methyl sites for hydroxylation is 1. The second kappa shape index (κ2) is 7.17. The van der Waals surface area contributed by atoms with E-state index in [1.165, 1.54) is 22.2 Å². The van der Waals surface area contributed by atoms with Crippen LogP contribution >= 0.6 is 0 Å². The third kappa shape index (κ3) is 3.30. The normalized spacial score (nSPS) is 16.1. The van der Waals surface area contributed by atoms with E-state index in [-0.39, 0.29) is 12.1 Å². The van der Waals surface area contributed by atoms with Crippen LogP contribution in [0.4, 0.5) is 5.69 Å². The number of nitrogens with zero attached hydrogens (tertiary/aromatic N) is 2. The number of sulfonamides is 1. The lowest BCUT2D eigenvalue weighted by Gasteiger charge is -2.34. The Labute approximate surface area is 173 Å². The minimum atomic E-state index is -3.64. The van der Waals surface area contributed by atoms with Crippen LogP contribution in [0.1, 0.15) is 20.7 Å². The molecule has 1 aromatic heterocycles. The van der Waals surface area contributed by atoms with Gasteiger partial charge in [0.2, 0.25) is 10.0 Å². The van der Waals surface area contributed by atoms with Crippen molar-refractivity contribution >= 4 is 38.5 Å². The molecule has 0 unspecified atom stereocenters. The summed E-state index contributed by atoms with van der Waals surface area (Å²) < 4.78 is 38.0. The van der Waals surface area contributed by atoms with Crippen LogP contribution in [0.5, 0.6) is 5.75 Å². The summed E-state index contributed by atoms with van der Waals surface area (Å²) >= 11 is 0. The van der Waals surface area contributed by atoms with Gasteiger partial charge in [0.05, 0.1) is 36.7 Å². The molecule has 1 aliphatic heterocycles. The molecule has 0 spiro atoms. The van der Waals surface area contributed by atoms with Crippen molar-refractivity contribution in [3.63, 3.8) is 0 Å². The van der Waals surface area contributed by atoms with Crippen molar-refractivity contribution in [3.8, 4) is 5.75 Å². The number of hydrogen-bond acceptors (Lipinski definition) is 6. The number of fused-ring (bicyclic) bond motifs is 2. The van der Waals surface area contributed by atoms with Gasteiger partial charge in [-0.05, 0) is 30.7 Å². The van der Waals surface area contributed by atoms with Gasteiger partial charge in [0.15, 0.2) is 6.10 Å². The molecule has 0 saturated heterocycles. The van der Waals surface area contributed by atoms with E-state index in [0.29, 0.717) is 22.3 Å². The number of aromatic nitrogens is 1. The Hall–Kier alpha value is -3.33. The molecule has 4 rings (SSSR count). The molecule has 9 heteroatoms. The monoisotopic (exact) mass is 428 g/mol. The lowest BCUT2D eigenvalue weighted by Crippen LogP contribution is -2.48. The van der Waals surface area contributed by atoms with Crippen LogP contribution in [0.3, 0.4) is 0 Å². The number of ether oxygens (including phenoxy) is 2. The first kappa shape index (κ1) is 20.0. The van der Waals surface area contributed by atoms with Gasteiger partial charge < -0.3 is 9.47 Å². The van der Waals surface area contributed by atoms with Crippen LogP contribution in [0, 0.1) is 6.92 Å². The van der Waals surface area contributed by atoms with E-state index in [2.05, 4.69) is 0 Å². The zero-order chi connectivity index (χ0) is 21.6. The molecule has 0 amide bonds. The van der Waals surface area contributed by atoms with Crippen molar-refractivity contribution in [3.05, 3.63) is 59.8 Å². The molecule has 0 fully saturated rings. The van der Waals surface area contributed by atoms with Crippen molar-refractivity contribution in [2.45, 2.75) is 13.0 Å². The second-order valence-electron chi connectivity index (χ2n) is 7.13. The third-order valence-electron chi connectivity index (χ3n) is 5.02. The summed E-state index contributed by atoms with van der Waals surface area (Å²) in [6.07, 6.45) is 1.40. The van der Waals surface area contributed by atoms with Gasteiger partial charge in [-0.3, -0.25) is 13.7 Å². The maximum atomic E-state index is 13.4. The van der Waals surface area contributed by atoms with E-state index in [9.17, 15) is 18.0 Å². The predicted molar refractivity (Wildman–Crippen MR) is 112 cm³/mol. The fraction of sp³-hybridized carbons (Fsp3) is 0.238. The van der Waals surface area contributed by atoms with Crippen LogP contribution in [-0.2, 0) is 14.8 Å². The third-order valence-corrected chi connectivity index (χ3v) is 6.16. The Morgan fingerprint density at radius 2 is 1.90 bits per heavy atom. The fourth-order valence-corrected chi connectivity index (χ4v) is 4.51. The molecule has 8 nitrogen and oxygen atoms in total. The van der Waals surface area contributed by atoms with Gasteiger partial charge in [-0.1, -0.05) is 24.3 Å². The number of esters is 1. The first-order chi connectivity index (χ1) is 14.2. The molecule has 30 heavy (non-hydrogen) atoms. The summed E-state index contributed by atoms with van der Waals surface area (Å²) in [5, 5.41) is 0.560. The zero-order valence-corrected chi connectivity index (χ0v) is 17.5. The van der Waals surface area contributed by atoms with E-state index >= 15 is 0 Å². The summed E-state index contributed by atoms with van der Waals surface area (Å²) in [4.78, 5) is 25.5. The lowest BCUT2D eigenvalue weighted by molar-refractivity contribution is 0.0602. The first-order valence-electron chi connectivity index (χ1n) is 9.18. The topological polar surface area (TPSA) is 94.9 Å². The average molecular weight is 428 g/mol. The zero-order valence-electron chi connectivity index (χ0n) is 16.7. The molecular weight excluding hydrogens is 408 g/mol. The number of hydrogen-bond donors (Lipinski definition) is 0. The van der Waals surface area contributed by atoms with Crippen molar-refractivity contribution in [2.24, 2.45) is 0 Å². The molecule has 1 aliphatic rings. The molecule has 0 radical (unpaired) electrons. The van der Waals surface area contributed by atoms with Crippen LogP contribution in [-0.4, -0.2) is 50.9 Å². The lowest BCUT2D eigenvalue weighted by atomic mass is 10.1. The van der Waals surface area contributed by atoms with Gasteiger partial charge in [-0.25, -0.2) is 13.2 Å². The van der Waals surface area contributed by atoms with E-state index in [1.807, 2.05) is 6.92 Å². The molecule has 156 valence electrons. The summed E-state index contributed by atoms with van der Waals surface area (Å²) in [7, 11) is -2.37. The minimum absolute atomic E-state index is 0.173. The molecular formula is C21H20N2O6S. The molecule has 2 aromatic carbocycles. The fourth-order valence-electron chi connectivity index (χ4n) is 3.59. The van der Waals surface area contributed by atoms with Crippen LogP contribution in [0.25, 0.3) is 10.9 Å². The average Bonchev–Trinajstić information content (AvgIpc) is 3.10. The number of rotatable bonds is 3. The molecule has 1 atom stereocenters. The van der Waals surface area contributed by atoms with Crippen molar-refractivity contribution in [1.82, 2.24) is 4.57 Å². The van der Waals surface area contributed by atoms with Gasteiger partial charge in [-0.15, -0.1) is 0 Å². The number of carbonyl (C=O) groups is 2. The minimum Gasteiger partial charge on any atom is -0.476 e. The maximum absolute atomic E-state index is 13.4. The summed E-state index contributed by atoms with van der Waals surface area (Å²) in [6.45, 7) is 1.68. The molecule has 2 heterocycles. The van der Waals surface area contributed by atoms with E-state index < -0.39 is 28.0 Å². The number of methoxy groups -OCH3 is 1. The first-order valence-corrected chi connectivity index (χ1v) is 11.0. The predicted octanol–water partition coefficient (Wildman–Crippen LogP) is 2.60. The molecule has 0 aliphatic carbocycles. The smallest absolute Gasteiger partial charge is 0.340 e. The molecule has 3 aromatic rings. The summed E-state index contributed by atoms with van der Waals surface area (Å²) in [5.41, 5.74) is 2.01. The highest BCUT2D eigenvalue weighted by atomic mass is 32.2. The van der Waals surface area contributed by atoms with Crippen LogP contribution in [0.15, 0.2) is 48.7 Å². The Balaban J connectivity index is 1.80. The van der Waals surface area contributed by atoms with Gasteiger partial charge in [-0.2, -0.15) is 0 Å². The molecule has 0 bridgehead atoms. The standard InChI is InChI=1S/C21H20N2O6S/c1-13-8-9-17-18(10-13)29-19(12-23(17)30(3,26)27)20(24)22-11-15(21(25)28-2)14-6-4-5-7-16(14)22/h4-11,19H,12H2,1-3H3/t19-/m0/s1. The van der Waals surface area contributed by atoms with Crippen molar-refractivity contribution in [1.29, 1.82) is 0 Å². The number of carbonyl (C=O) groups excluding carboxylic acids is 2. The second-order valence-corrected chi connectivity index (χ2v) is 9.04. The quantitative estimate of drug-likeness (QED) is 0.595. The summed E-state index contributed by atoms with van der Waals surface area (Å²) in [6, 6.07) is 12.1. The SMILES string of the molecule is COC(=O)c1cn(C(=O)[C@@H]2CN(S(C)(=O)=O)c3ccc(C)cc3O2)c2ccccc12. The molecule has 0 N–H and O–H groups in total. The van der Waals surface area contributed by atoms with Gasteiger partial charge >= 0.3 is 5.97 Å². The number of benzene rings is 2. The Morgan fingerprint density at radius 3 is 2.60 bits per heavy atom. The Morgan fingerprint density at radius 1 is 1.17 bits per heavy atom.